The summed E-state index contributed by atoms with van der Waals surface area (Å²) in [4.78, 5) is 21.7. The van der Waals surface area contributed by atoms with Crippen LogP contribution in [-0.4, -0.2) is 21.2 Å². The molecular weight excluding hydrogens is 251 g/mol. The Labute approximate surface area is 105 Å². The van der Waals surface area contributed by atoms with E-state index in [1.165, 1.54) is 6.92 Å². The Bertz CT molecular complexity index is 314. The molecule has 2 unspecified atom stereocenters. The van der Waals surface area contributed by atoms with Crippen LogP contribution in [0.25, 0.3) is 0 Å². The van der Waals surface area contributed by atoms with Gasteiger partial charge in [0.15, 0.2) is 0 Å². The smallest absolute Gasteiger partial charge is 0.303 e. The number of hydrogen-bond donors (Lipinski definition) is 1. The number of aliphatic carboxylic acids is 1. The number of ketones is 1. The molecule has 0 aromatic heterocycles. The molecule has 92 valence electrons. The quantitative estimate of drug-likeness (QED) is 0.752. The molecule has 0 aliphatic heterocycles. The average Bonchev–Trinajstić information content (AvgIpc) is 2.60. The molecule has 0 saturated heterocycles. The van der Waals surface area contributed by atoms with Crippen LogP contribution in [0.4, 0.5) is 0 Å². The van der Waals surface area contributed by atoms with E-state index in [1.807, 2.05) is 6.92 Å². The highest BCUT2D eigenvalue weighted by Gasteiger charge is 2.66. The number of hydrogen-bond acceptors (Lipinski definition) is 2. The lowest BCUT2D eigenvalue weighted by Crippen LogP contribution is -2.22. The van der Waals surface area contributed by atoms with Crippen LogP contribution in [0.2, 0.25) is 0 Å². The normalized spacial score (nSPS) is 28.5. The second kappa shape index (κ2) is 4.53. The van der Waals surface area contributed by atoms with Crippen molar-refractivity contribution in [3.05, 3.63) is 0 Å². The maximum atomic E-state index is 10.9. The fraction of sp³-hybridized carbons (Fsp3) is 0.818. The molecule has 1 N–H and O–H groups in total. The molecule has 0 heterocycles. The van der Waals surface area contributed by atoms with Gasteiger partial charge in [-0.3, -0.25) is 4.79 Å². The third-order valence-electron chi connectivity index (χ3n) is 3.47. The summed E-state index contributed by atoms with van der Waals surface area (Å²) in [5.41, 5.74) is -0.371. The Kier molecular flexibility index (Phi) is 3.91. The van der Waals surface area contributed by atoms with Gasteiger partial charge in [-0.15, -0.1) is 23.2 Å². The van der Waals surface area contributed by atoms with Gasteiger partial charge in [0.1, 0.15) is 10.1 Å². The zero-order valence-electron chi connectivity index (χ0n) is 9.43. The molecule has 3 nitrogen and oxygen atoms in total. The lowest BCUT2D eigenvalue weighted by molar-refractivity contribution is -0.139. The lowest BCUT2D eigenvalue weighted by atomic mass is 9.83. The number of carbonyl (C=O) groups excluding carboxylic acids is 1. The van der Waals surface area contributed by atoms with Crippen molar-refractivity contribution in [3.8, 4) is 0 Å². The fourth-order valence-electron chi connectivity index (χ4n) is 2.09. The fourth-order valence-corrected chi connectivity index (χ4v) is 2.96. The van der Waals surface area contributed by atoms with Crippen LogP contribution in [0.15, 0.2) is 0 Å². The SMILES string of the molecule is CC(=O)CCC(CC(=O)O)C1(C)CC1(Cl)Cl. The number of halogens is 2. The molecule has 1 fully saturated rings. The van der Waals surface area contributed by atoms with Gasteiger partial charge in [-0.2, -0.15) is 0 Å². The molecule has 0 amide bonds. The van der Waals surface area contributed by atoms with Crippen LogP contribution >= 0.6 is 23.2 Å². The van der Waals surface area contributed by atoms with E-state index < -0.39 is 10.3 Å². The topological polar surface area (TPSA) is 54.4 Å². The van der Waals surface area contributed by atoms with Gasteiger partial charge in [-0.1, -0.05) is 6.92 Å². The van der Waals surface area contributed by atoms with E-state index in [9.17, 15) is 9.59 Å². The van der Waals surface area contributed by atoms with E-state index in [0.717, 1.165) is 0 Å². The zero-order chi connectivity index (χ0) is 12.6. The Morgan fingerprint density at radius 1 is 1.44 bits per heavy atom. The molecule has 0 radical (unpaired) electrons. The average molecular weight is 267 g/mol. The van der Waals surface area contributed by atoms with Gasteiger partial charge in [-0.25, -0.2) is 0 Å². The number of carboxylic acids is 1. The van der Waals surface area contributed by atoms with Crippen molar-refractivity contribution in [1.29, 1.82) is 0 Å². The summed E-state index contributed by atoms with van der Waals surface area (Å²) in [6.45, 7) is 3.39. The van der Waals surface area contributed by atoms with Crippen molar-refractivity contribution in [3.63, 3.8) is 0 Å². The third-order valence-corrected chi connectivity index (χ3v) is 4.60. The molecule has 1 saturated carbocycles. The van der Waals surface area contributed by atoms with Gasteiger partial charge in [0, 0.05) is 18.3 Å². The molecule has 0 bridgehead atoms. The summed E-state index contributed by atoms with van der Waals surface area (Å²) in [6.07, 6.45) is 1.54. The molecule has 0 spiro atoms. The van der Waals surface area contributed by atoms with Crippen molar-refractivity contribution in [2.75, 3.05) is 0 Å². The standard InChI is InChI=1S/C11H16Cl2O3/c1-7(14)3-4-8(5-9(15)16)10(2)6-11(10,12)13/h8H,3-6H2,1-2H3,(H,15,16). The van der Waals surface area contributed by atoms with Crippen LogP contribution in [0.3, 0.4) is 0 Å². The van der Waals surface area contributed by atoms with Gasteiger partial charge in [-0.05, 0) is 25.7 Å². The van der Waals surface area contributed by atoms with E-state index in [0.29, 0.717) is 19.3 Å². The minimum absolute atomic E-state index is 0.0188. The van der Waals surface area contributed by atoms with E-state index in [1.54, 1.807) is 0 Å². The van der Waals surface area contributed by atoms with Crippen molar-refractivity contribution in [2.24, 2.45) is 11.3 Å². The predicted octanol–water partition coefficient (Wildman–Crippen LogP) is 3.03. The zero-order valence-corrected chi connectivity index (χ0v) is 10.9. The first kappa shape index (κ1) is 13.8. The van der Waals surface area contributed by atoms with E-state index in [4.69, 9.17) is 28.3 Å². The highest BCUT2D eigenvalue weighted by Crippen LogP contribution is 2.68. The number of carbonyl (C=O) groups is 2. The minimum Gasteiger partial charge on any atom is -0.481 e. The summed E-state index contributed by atoms with van der Waals surface area (Å²) < 4.78 is -0.829. The lowest BCUT2D eigenvalue weighted by Gasteiger charge is -2.23. The molecule has 16 heavy (non-hydrogen) atoms. The second-order valence-electron chi connectivity index (χ2n) is 4.83. The van der Waals surface area contributed by atoms with Crippen molar-refractivity contribution in [1.82, 2.24) is 0 Å². The predicted molar refractivity (Wildman–Crippen MR) is 62.8 cm³/mol. The summed E-state index contributed by atoms with van der Waals surface area (Å²) >= 11 is 12.1. The monoisotopic (exact) mass is 266 g/mol. The molecule has 2 atom stereocenters. The first-order chi connectivity index (χ1) is 7.19. The molecule has 1 aliphatic carbocycles. The second-order valence-corrected chi connectivity index (χ2v) is 6.32. The Balaban J connectivity index is 2.65. The van der Waals surface area contributed by atoms with Gasteiger partial charge in [0.05, 0.1) is 0 Å². The molecular formula is C11H16Cl2O3. The van der Waals surface area contributed by atoms with Crippen LogP contribution < -0.4 is 0 Å². The van der Waals surface area contributed by atoms with Crippen molar-refractivity contribution >= 4 is 35.0 Å². The molecule has 0 aromatic carbocycles. The maximum Gasteiger partial charge on any atom is 0.303 e. The largest absolute Gasteiger partial charge is 0.481 e. The van der Waals surface area contributed by atoms with Crippen LogP contribution in [0.5, 0.6) is 0 Å². The van der Waals surface area contributed by atoms with E-state index in [-0.39, 0.29) is 23.5 Å². The summed E-state index contributed by atoms with van der Waals surface area (Å²) in [7, 11) is 0. The molecule has 1 aliphatic rings. The van der Waals surface area contributed by atoms with Crippen LogP contribution in [0.1, 0.15) is 39.5 Å². The third kappa shape index (κ3) is 2.89. The highest BCUT2D eigenvalue weighted by molar-refractivity contribution is 6.51. The van der Waals surface area contributed by atoms with Gasteiger partial charge in [0.2, 0.25) is 0 Å². The van der Waals surface area contributed by atoms with Gasteiger partial charge >= 0.3 is 5.97 Å². The van der Waals surface area contributed by atoms with Gasteiger partial charge < -0.3 is 9.90 Å². The van der Waals surface area contributed by atoms with Gasteiger partial charge in [0.25, 0.3) is 0 Å². The highest BCUT2D eigenvalue weighted by atomic mass is 35.5. The first-order valence-electron chi connectivity index (χ1n) is 5.28. The summed E-state index contributed by atoms with van der Waals surface area (Å²) in [5, 5.41) is 8.84. The van der Waals surface area contributed by atoms with Crippen molar-refractivity contribution in [2.45, 2.75) is 43.9 Å². The summed E-state index contributed by atoms with van der Waals surface area (Å²) in [6, 6.07) is 0. The van der Waals surface area contributed by atoms with Crippen LogP contribution in [-0.2, 0) is 9.59 Å². The summed E-state index contributed by atoms with van der Waals surface area (Å²) in [5.74, 6) is -0.941. The Hall–Kier alpha value is -0.280. The van der Waals surface area contributed by atoms with E-state index >= 15 is 0 Å². The number of rotatable bonds is 6. The Morgan fingerprint density at radius 3 is 2.25 bits per heavy atom. The van der Waals surface area contributed by atoms with Crippen molar-refractivity contribution < 1.29 is 14.7 Å². The number of alkyl halides is 2. The van der Waals surface area contributed by atoms with E-state index in [2.05, 4.69) is 0 Å². The molecule has 5 heteroatoms. The van der Waals surface area contributed by atoms with Crippen LogP contribution in [0, 0.1) is 11.3 Å². The maximum absolute atomic E-state index is 10.9. The Morgan fingerprint density at radius 2 is 1.94 bits per heavy atom. The molecule has 0 aromatic rings. The first-order valence-corrected chi connectivity index (χ1v) is 6.04. The number of carboxylic acid groups (broad SMARTS) is 1. The number of Topliss-reactive ketones (excluding diaryl/α,β-unsaturated/α-hetero) is 1. The minimum atomic E-state index is -0.870. The molecule has 1 rings (SSSR count).